The maximum atomic E-state index is 12.3. The fourth-order valence-electron chi connectivity index (χ4n) is 1.94. The van der Waals surface area contributed by atoms with Crippen LogP contribution < -0.4 is 10.5 Å². The lowest BCUT2D eigenvalue weighted by atomic mass is 10.2. The summed E-state index contributed by atoms with van der Waals surface area (Å²) in [5.74, 6) is -0.270. The van der Waals surface area contributed by atoms with Gasteiger partial charge in [0.05, 0.1) is 11.5 Å². The number of primary sulfonamides is 1. The first-order valence-corrected chi connectivity index (χ1v) is 12.1. The molecule has 0 saturated carbocycles. The summed E-state index contributed by atoms with van der Waals surface area (Å²) >= 11 is 0. The molecule has 0 aliphatic carbocycles. The molecule has 0 spiro atoms. The number of unbranched alkanes of at least 4 members (excludes halogenated alkanes) is 2. The molecule has 9 heteroatoms. The van der Waals surface area contributed by atoms with Crippen molar-refractivity contribution >= 4 is 23.3 Å². The van der Waals surface area contributed by atoms with Gasteiger partial charge in [0.1, 0.15) is 0 Å². The highest BCUT2D eigenvalue weighted by Gasteiger charge is 2.32. The molecule has 0 saturated heterocycles. The molecule has 3 N–H and O–H groups in total. The van der Waals surface area contributed by atoms with Crippen LogP contribution in [0, 0.1) is 0 Å². The molecule has 7 nitrogen and oxygen atoms in total. The molecular formula is C17H29N2O5PS. The van der Waals surface area contributed by atoms with Gasteiger partial charge in [0.15, 0.2) is 0 Å². The molecule has 1 amide bonds. The van der Waals surface area contributed by atoms with Crippen molar-refractivity contribution in [2.24, 2.45) is 5.14 Å². The van der Waals surface area contributed by atoms with Crippen molar-refractivity contribution in [1.29, 1.82) is 0 Å². The molecule has 1 rings (SSSR count). The minimum Gasteiger partial charge on any atom is -0.352 e. The van der Waals surface area contributed by atoms with Gasteiger partial charge in [0.25, 0.3) is 5.91 Å². The van der Waals surface area contributed by atoms with Crippen molar-refractivity contribution < 1.29 is 22.3 Å². The largest absolute Gasteiger partial charge is 0.352 e. The summed E-state index contributed by atoms with van der Waals surface area (Å²) in [6, 6.07) is 5.46. The van der Waals surface area contributed by atoms with E-state index in [1.165, 1.54) is 24.3 Å². The number of hydrogen-bond acceptors (Lipinski definition) is 5. The van der Waals surface area contributed by atoms with Crippen LogP contribution in [0.1, 0.15) is 50.4 Å². The lowest BCUT2D eigenvalue weighted by molar-refractivity contribution is 0.0952. The molecule has 1 atom stereocenters. The zero-order chi connectivity index (χ0) is 20.0. The van der Waals surface area contributed by atoms with E-state index >= 15 is 0 Å². The lowest BCUT2D eigenvalue weighted by Crippen LogP contribution is -2.24. The number of sulfonamides is 1. The third kappa shape index (κ3) is 7.19. The van der Waals surface area contributed by atoms with Crippen LogP contribution >= 0.6 is 7.37 Å². The van der Waals surface area contributed by atoms with Crippen LogP contribution in [-0.4, -0.2) is 39.3 Å². The van der Waals surface area contributed by atoms with Gasteiger partial charge in [-0.15, -0.1) is 0 Å². The second kappa shape index (κ2) is 9.13. The average molecular weight is 404 g/mol. The smallest absolute Gasteiger partial charge is 0.251 e. The van der Waals surface area contributed by atoms with Crippen molar-refractivity contribution in [3.05, 3.63) is 29.8 Å². The molecule has 0 heterocycles. The third-order valence-electron chi connectivity index (χ3n) is 4.11. The summed E-state index contributed by atoms with van der Waals surface area (Å²) in [4.78, 5) is 12.0. The Hall–Kier alpha value is -1.21. The van der Waals surface area contributed by atoms with Crippen LogP contribution in [0.15, 0.2) is 29.2 Å². The van der Waals surface area contributed by atoms with Crippen molar-refractivity contribution in [3.63, 3.8) is 0 Å². The maximum Gasteiger partial charge on any atom is 0.251 e. The first-order chi connectivity index (χ1) is 11.8. The SMILES string of the molecule is CC(C)(C)P(C)(=O)OCCCCCNC(=O)c1ccc(S(N)(=O)=O)cc1. The topological polar surface area (TPSA) is 116 Å². The molecule has 0 radical (unpaired) electrons. The Morgan fingerprint density at radius 3 is 2.23 bits per heavy atom. The van der Waals surface area contributed by atoms with Gasteiger partial charge >= 0.3 is 0 Å². The molecule has 26 heavy (non-hydrogen) atoms. The average Bonchev–Trinajstić information content (AvgIpc) is 2.52. The predicted octanol–water partition coefficient (Wildman–Crippen LogP) is 2.96. The van der Waals surface area contributed by atoms with E-state index in [0.29, 0.717) is 18.7 Å². The molecular weight excluding hydrogens is 375 g/mol. The Morgan fingerprint density at radius 2 is 1.73 bits per heavy atom. The molecule has 1 unspecified atom stereocenters. The monoisotopic (exact) mass is 404 g/mol. The van der Waals surface area contributed by atoms with Crippen LogP contribution in [0.3, 0.4) is 0 Å². The quantitative estimate of drug-likeness (QED) is 0.485. The number of carbonyl (C=O) groups excluding carboxylic acids is 1. The van der Waals surface area contributed by atoms with Crippen molar-refractivity contribution in [2.45, 2.75) is 50.1 Å². The summed E-state index contributed by atoms with van der Waals surface area (Å²) in [7, 11) is -6.38. The summed E-state index contributed by atoms with van der Waals surface area (Å²) in [6.45, 7) is 8.30. The second-order valence-electron chi connectivity index (χ2n) is 7.24. The lowest BCUT2D eigenvalue weighted by Gasteiger charge is -2.27. The first-order valence-electron chi connectivity index (χ1n) is 8.48. The number of rotatable bonds is 9. The molecule has 148 valence electrons. The van der Waals surface area contributed by atoms with Crippen LogP contribution in [0.4, 0.5) is 0 Å². The van der Waals surface area contributed by atoms with E-state index in [1.54, 1.807) is 6.66 Å². The van der Waals surface area contributed by atoms with E-state index in [9.17, 15) is 17.8 Å². The Balaban J connectivity index is 2.28. The molecule has 1 aromatic carbocycles. The van der Waals surface area contributed by atoms with E-state index in [2.05, 4.69) is 5.32 Å². The number of carbonyl (C=O) groups is 1. The van der Waals surface area contributed by atoms with Crippen molar-refractivity contribution in [1.82, 2.24) is 5.32 Å². The normalized spacial score (nSPS) is 14.7. The number of nitrogens with one attached hydrogen (secondary N) is 1. The van der Waals surface area contributed by atoms with E-state index in [1.807, 2.05) is 20.8 Å². The van der Waals surface area contributed by atoms with E-state index in [4.69, 9.17) is 9.66 Å². The minimum absolute atomic E-state index is 0.0301. The van der Waals surface area contributed by atoms with Gasteiger partial charge in [-0.2, -0.15) is 0 Å². The Labute approximate surface area is 156 Å². The molecule has 0 bridgehead atoms. The van der Waals surface area contributed by atoms with E-state index in [0.717, 1.165) is 19.3 Å². The highest BCUT2D eigenvalue weighted by atomic mass is 32.2. The van der Waals surface area contributed by atoms with Gasteiger partial charge in [-0.1, -0.05) is 20.8 Å². The first kappa shape index (κ1) is 22.8. The molecule has 0 aliphatic rings. The number of hydrogen-bond donors (Lipinski definition) is 2. The summed E-state index contributed by atoms with van der Waals surface area (Å²) in [6.07, 6.45) is 2.38. The molecule has 1 aromatic rings. The summed E-state index contributed by atoms with van der Waals surface area (Å²) in [5.41, 5.74) is 0.373. The zero-order valence-electron chi connectivity index (χ0n) is 15.8. The second-order valence-corrected chi connectivity index (χ2v) is 12.1. The zero-order valence-corrected chi connectivity index (χ0v) is 17.5. The standard InChI is InChI=1S/C17H29N2O5PS/c1-17(2,3)25(4,21)24-13-7-5-6-12-19-16(20)14-8-10-15(11-9-14)26(18,22)23/h8-11H,5-7,12-13H2,1-4H3,(H,19,20)(H2,18,22,23). The van der Waals surface area contributed by atoms with Crippen molar-refractivity contribution in [3.8, 4) is 0 Å². The predicted molar refractivity (Wildman–Crippen MR) is 103 cm³/mol. The van der Waals surface area contributed by atoms with Gasteiger partial charge in [-0.25, -0.2) is 13.6 Å². The summed E-state index contributed by atoms with van der Waals surface area (Å²) < 4.78 is 40.2. The van der Waals surface area contributed by atoms with Gasteiger partial charge in [0, 0.05) is 23.9 Å². The van der Waals surface area contributed by atoms with Gasteiger partial charge < -0.3 is 9.84 Å². The Morgan fingerprint density at radius 1 is 1.15 bits per heavy atom. The Bertz CT molecular complexity index is 754. The third-order valence-corrected chi connectivity index (χ3v) is 8.15. The molecule has 0 aromatic heterocycles. The Kier molecular flexibility index (Phi) is 8.02. The van der Waals surface area contributed by atoms with Gasteiger partial charge in [-0.05, 0) is 43.5 Å². The number of benzene rings is 1. The fourth-order valence-corrected chi connectivity index (χ4v) is 3.32. The molecule has 0 aliphatic heterocycles. The van der Waals surface area contributed by atoms with Gasteiger partial charge in [-0.3, -0.25) is 9.36 Å². The number of amides is 1. The van der Waals surface area contributed by atoms with Crippen LogP contribution in [0.25, 0.3) is 0 Å². The maximum absolute atomic E-state index is 12.3. The van der Waals surface area contributed by atoms with E-state index < -0.39 is 17.4 Å². The van der Waals surface area contributed by atoms with Crippen LogP contribution in [0.2, 0.25) is 0 Å². The van der Waals surface area contributed by atoms with E-state index in [-0.39, 0.29) is 16.0 Å². The van der Waals surface area contributed by atoms with Crippen LogP contribution in [0.5, 0.6) is 0 Å². The molecule has 0 fully saturated rings. The van der Waals surface area contributed by atoms with Gasteiger partial charge in [0.2, 0.25) is 17.4 Å². The summed E-state index contributed by atoms with van der Waals surface area (Å²) in [5, 5.41) is 7.43. The minimum atomic E-state index is -3.76. The highest BCUT2D eigenvalue weighted by Crippen LogP contribution is 2.55. The van der Waals surface area contributed by atoms with Crippen LogP contribution in [-0.2, 0) is 19.1 Å². The number of nitrogens with two attached hydrogens (primary N) is 1. The highest BCUT2D eigenvalue weighted by molar-refractivity contribution is 7.89. The van der Waals surface area contributed by atoms with Crippen molar-refractivity contribution in [2.75, 3.05) is 19.8 Å². The fraction of sp³-hybridized carbons (Fsp3) is 0.588.